The van der Waals surface area contributed by atoms with Crippen LogP contribution in [0.2, 0.25) is 0 Å². The lowest BCUT2D eigenvalue weighted by atomic mass is 10.1. The number of nitrogens with zero attached hydrogens (tertiary/aromatic N) is 1. The summed E-state index contributed by atoms with van der Waals surface area (Å²) in [5.41, 5.74) is 7.32. The Balaban J connectivity index is 2.66. The molecule has 1 rings (SSSR count). The average Bonchev–Trinajstić information content (AvgIpc) is 2.31. The number of rotatable bonds is 4. The van der Waals surface area contributed by atoms with Gasteiger partial charge in [-0.3, -0.25) is 4.79 Å². The van der Waals surface area contributed by atoms with Crippen LogP contribution in [0.1, 0.15) is 24.5 Å². The summed E-state index contributed by atoms with van der Waals surface area (Å²) in [5.74, 6) is -0.264. The highest BCUT2D eigenvalue weighted by Crippen LogP contribution is 2.14. The Morgan fingerprint density at radius 3 is 3.00 bits per heavy atom. The maximum absolute atomic E-state index is 11.1. The van der Waals surface area contributed by atoms with Gasteiger partial charge in [0.1, 0.15) is 6.07 Å². The molecule has 4 heteroatoms. The monoisotopic (exact) mass is 230 g/mol. The smallest absolute Gasteiger partial charge is 0.309 e. The van der Waals surface area contributed by atoms with Crippen molar-refractivity contribution < 1.29 is 9.53 Å². The molecule has 0 atom stereocenters. The lowest BCUT2D eigenvalue weighted by molar-refractivity contribution is -0.142. The lowest BCUT2D eigenvalue weighted by Crippen LogP contribution is -2.01. The van der Waals surface area contributed by atoms with Crippen LogP contribution in [0.3, 0.4) is 0 Å². The summed E-state index contributed by atoms with van der Waals surface area (Å²) >= 11 is 0. The van der Waals surface area contributed by atoms with Gasteiger partial charge < -0.3 is 10.5 Å². The lowest BCUT2D eigenvalue weighted by Gasteiger charge is -1.99. The van der Waals surface area contributed by atoms with E-state index in [4.69, 9.17) is 15.7 Å². The third-order valence-corrected chi connectivity index (χ3v) is 2.10. The summed E-state index contributed by atoms with van der Waals surface area (Å²) in [6, 6.07) is 7.14. The molecule has 0 amide bonds. The van der Waals surface area contributed by atoms with Crippen molar-refractivity contribution in [2.75, 3.05) is 12.3 Å². The molecule has 88 valence electrons. The highest BCUT2D eigenvalue weighted by Gasteiger charge is 1.99. The van der Waals surface area contributed by atoms with Gasteiger partial charge in [0, 0.05) is 5.69 Å². The number of hydrogen-bond donors (Lipinski definition) is 1. The van der Waals surface area contributed by atoms with E-state index in [9.17, 15) is 4.79 Å². The maximum atomic E-state index is 11.1. The van der Waals surface area contributed by atoms with E-state index < -0.39 is 0 Å². The molecule has 0 spiro atoms. The summed E-state index contributed by atoms with van der Waals surface area (Å²) in [4.78, 5) is 11.1. The number of anilines is 1. The number of carbonyl (C=O) groups excluding carboxylic acids is 1. The number of nitriles is 1. The maximum Gasteiger partial charge on any atom is 0.309 e. The summed E-state index contributed by atoms with van der Waals surface area (Å²) in [6.45, 7) is 2.15. The fourth-order valence-electron chi connectivity index (χ4n) is 1.29. The van der Waals surface area contributed by atoms with Crippen molar-refractivity contribution in [1.82, 2.24) is 0 Å². The second kappa shape index (κ2) is 6.33. The molecule has 0 unspecified atom stereocenters. The average molecular weight is 230 g/mol. The van der Waals surface area contributed by atoms with E-state index in [1.54, 1.807) is 37.3 Å². The van der Waals surface area contributed by atoms with Gasteiger partial charge in [-0.05, 0) is 24.6 Å². The van der Waals surface area contributed by atoms with Gasteiger partial charge in [0.25, 0.3) is 0 Å². The second-order valence-electron chi connectivity index (χ2n) is 3.37. The minimum Gasteiger partial charge on any atom is -0.466 e. The van der Waals surface area contributed by atoms with E-state index in [0.717, 1.165) is 5.56 Å². The summed E-state index contributed by atoms with van der Waals surface area (Å²) in [6.07, 6.45) is 3.68. The van der Waals surface area contributed by atoms with Gasteiger partial charge in [-0.15, -0.1) is 0 Å². The number of nitrogen functional groups attached to an aromatic ring is 1. The Hall–Kier alpha value is -2.28. The van der Waals surface area contributed by atoms with Crippen LogP contribution in [0.5, 0.6) is 0 Å². The molecular weight excluding hydrogens is 216 g/mol. The molecule has 1 aromatic rings. The number of ether oxygens (including phenoxy) is 1. The first kappa shape index (κ1) is 12.8. The summed E-state index contributed by atoms with van der Waals surface area (Å²) in [5, 5.41) is 8.80. The van der Waals surface area contributed by atoms with Crippen LogP contribution in [-0.4, -0.2) is 12.6 Å². The standard InChI is InChI=1S/C13H14N2O2/c1-2-17-13(16)5-3-4-10-6-7-12(15)11(8-10)9-14/h3-4,6-8H,2,5,15H2,1H3. The van der Waals surface area contributed by atoms with Gasteiger partial charge in [-0.25, -0.2) is 0 Å². The van der Waals surface area contributed by atoms with Crippen LogP contribution in [0.25, 0.3) is 6.08 Å². The van der Waals surface area contributed by atoms with Gasteiger partial charge in [-0.2, -0.15) is 5.26 Å². The quantitative estimate of drug-likeness (QED) is 0.634. The van der Waals surface area contributed by atoms with Gasteiger partial charge >= 0.3 is 5.97 Å². The predicted molar refractivity (Wildman–Crippen MR) is 65.9 cm³/mol. The third kappa shape index (κ3) is 3.99. The van der Waals surface area contributed by atoms with Crippen LogP contribution in [0.4, 0.5) is 5.69 Å². The van der Waals surface area contributed by atoms with Crippen LogP contribution < -0.4 is 5.73 Å². The number of hydrogen-bond acceptors (Lipinski definition) is 4. The number of esters is 1. The van der Waals surface area contributed by atoms with Crippen molar-refractivity contribution in [1.29, 1.82) is 5.26 Å². The molecule has 0 fully saturated rings. The Bertz CT molecular complexity index is 473. The normalized spacial score (nSPS) is 10.1. The van der Waals surface area contributed by atoms with E-state index in [1.165, 1.54) is 0 Å². The number of nitrogens with two attached hydrogens (primary N) is 1. The van der Waals surface area contributed by atoms with E-state index in [1.807, 2.05) is 6.07 Å². The highest BCUT2D eigenvalue weighted by molar-refractivity contribution is 5.73. The Kier molecular flexibility index (Phi) is 4.77. The molecule has 0 aliphatic rings. The molecule has 0 radical (unpaired) electrons. The highest BCUT2D eigenvalue weighted by atomic mass is 16.5. The van der Waals surface area contributed by atoms with Crippen molar-refractivity contribution >= 4 is 17.7 Å². The molecule has 4 nitrogen and oxygen atoms in total. The minimum absolute atomic E-state index is 0.222. The number of benzene rings is 1. The zero-order valence-corrected chi connectivity index (χ0v) is 9.64. The first-order chi connectivity index (χ1) is 8.17. The minimum atomic E-state index is -0.264. The van der Waals surface area contributed by atoms with E-state index >= 15 is 0 Å². The second-order valence-corrected chi connectivity index (χ2v) is 3.37. The molecule has 0 aromatic heterocycles. The van der Waals surface area contributed by atoms with Gasteiger partial charge in [0.15, 0.2) is 0 Å². The van der Waals surface area contributed by atoms with E-state index in [0.29, 0.717) is 17.9 Å². The first-order valence-electron chi connectivity index (χ1n) is 5.29. The molecular formula is C13H14N2O2. The van der Waals surface area contributed by atoms with Crippen molar-refractivity contribution in [2.24, 2.45) is 0 Å². The first-order valence-corrected chi connectivity index (χ1v) is 5.29. The van der Waals surface area contributed by atoms with Gasteiger partial charge in [-0.1, -0.05) is 18.2 Å². The van der Waals surface area contributed by atoms with Crippen molar-refractivity contribution in [3.63, 3.8) is 0 Å². The largest absolute Gasteiger partial charge is 0.466 e. The van der Waals surface area contributed by atoms with Crippen LogP contribution in [0, 0.1) is 11.3 Å². The third-order valence-electron chi connectivity index (χ3n) is 2.10. The molecule has 0 aliphatic heterocycles. The Morgan fingerprint density at radius 2 is 2.35 bits per heavy atom. The Labute approximate surface area is 100 Å². The van der Waals surface area contributed by atoms with Crippen molar-refractivity contribution in [2.45, 2.75) is 13.3 Å². The van der Waals surface area contributed by atoms with Crippen molar-refractivity contribution in [3.05, 3.63) is 35.4 Å². The molecule has 0 heterocycles. The number of carbonyl (C=O) groups is 1. The molecule has 0 aliphatic carbocycles. The van der Waals surface area contributed by atoms with E-state index in [2.05, 4.69) is 0 Å². The molecule has 0 saturated carbocycles. The predicted octanol–water partition coefficient (Wildman–Crippen LogP) is 2.11. The zero-order valence-electron chi connectivity index (χ0n) is 9.64. The Morgan fingerprint density at radius 1 is 1.59 bits per heavy atom. The molecule has 0 saturated heterocycles. The fourth-order valence-corrected chi connectivity index (χ4v) is 1.29. The summed E-state index contributed by atoms with van der Waals surface area (Å²) in [7, 11) is 0. The fraction of sp³-hybridized carbons (Fsp3) is 0.231. The van der Waals surface area contributed by atoms with E-state index in [-0.39, 0.29) is 12.4 Å². The van der Waals surface area contributed by atoms with Crippen molar-refractivity contribution in [3.8, 4) is 6.07 Å². The zero-order chi connectivity index (χ0) is 12.7. The molecule has 0 bridgehead atoms. The molecule has 2 N–H and O–H groups in total. The summed E-state index contributed by atoms with van der Waals surface area (Å²) < 4.78 is 4.78. The topological polar surface area (TPSA) is 76.1 Å². The van der Waals surface area contributed by atoms with Crippen LogP contribution in [0.15, 0.2) is 24.3 Å². The van der Waals surface area contributed by atoms with Gasteiger partial charge in [0.2, 0.25) is 0 Å². The van der Waals surface area contributed by atoms with Crippen LogP contribution >= 0.6 is 0 Å². The van der Waals surface area contributed by atoms with Crippen LogP contribution in [-0.2, 0) is 9.53 Å². The molecule has 1 aromatic carbocycles. The van der Waals surface area contributed by atoms with Gasteiger partial charge in [0.05, 0.1) is 18.6 Å². The SMILES string of the molecule is CCOC(=O)CC=Cc1ccc(N)c(C#N)c1. The molecule has 17 heavy (non-hydrogen) atoms.